The molecule has 0 heterocycles. The lowest BCUT2D eigenvalue weighted by Crippen LogP contribution is -2.37. The molecule has 0 atom stereocenters. The van der Waals surface area contributed by atoms with Crippen LogP contribution in [0.1, 0.15) is 11.1 Å². The summed E-state index contributed by atoms with van der Waals surface area (Å²) in [5.74, 6) is -0.462. The summed E-state index contributed by atoms with van der Waals surface area (Å²) in [4.78, 5) is 12.3. The Bertz CT molecular complexity index is 921. The molecule has 0 aliphatic carbocycles. The third kappa shape index (κ3) is 5.85. The molecule has 8 heteroatoms. The van der Waals surface area contributed by atoms with Crippen LogP contribution in [0.5, 0.6) is 0 Å². The molecule has 0 aliphatic heterocycles. The highest BCUT2D eigenvalue weighted by Gasteiger charge is 2.21. The predicted octanol–water partition coefficient (Wildman–Crippen LogP) is 2.81. The van der Waals surface area contributed by atoms with Crippen molar-refractivity contribution in [3.8, 4) is 6.07 Å². The highest BCUT2D eigenvalue weighted by molar-refractivity contribution is 7.88. The van der Waals surface area contributed by atoms with Crippen molar-refractivity contribution < 1.29 is 13.2 Å². The van der Waals surface area contributed by atoms with Crippen LogP contribution in [0.15, 0.2) is 48.5 Å². The summed E-state index contributed by atoms with van der Waals surface area (Å²) in [5.41, 5.74) is 1.98. The number of nitrogens with one attached hydrogen (secondary N) is 1. The monoisotopic (exact) mass is 391 g/mol. The molecule has 0 saturated carbocycles. The first-order valence-electron chi connectivity index (χ1n) is 7.74. The number of hydrogen-bond acceptors (Lipinski definition) is 4. The van der Waals surface area contributed by atoms with E-state index in [-0.39, 0.29) is 19.5 Å². The lowest BCUT2D eigenvalue weighted by Gasteiger charge is -2.20. The van der Waals surface area contributed by atoms with Gasteiger partial charge in [-0.1, -0.05) is 41.9 Å². The standard InChI is InChI=1S/C18H18ClN3O3S/c1-26(24,25)22(12-15-4-2-3-5-17(15)19)13-18(23)21-16-8-6-14(7-9-16)10-11-20/h2-9H,10,12-13H2,1H3,(H,21,23). The number of rotatable bonds is 7. The van der Waals surface area contributed by atoms with E-state index >= 15 is 0 Å². The van der Waals surface area contributed by atoms with Crippen molar-refractivity contribution in [3.05, 3.63) is 64.7 Å². The molecule has 136 valence electrons. The first-order valence-corrected chi connectivity index (χ1v) is 9.96. The van der Waals surface area contributed by atoms with Crippen LogP contribution in [0.3, 0.4) is 0 Å². The molecule has 6 nitrogen and oxygen atoms in total. The van der Waals surface area contributed by atoms with E-state index in [0.717, 1.165) is 16.1 Å². The summed E-state index contributed by atoms with van der Waals surface area (Å²) < 4.78 is 25.1. The van der Waals surface area contributed by atoms with E-state index < -0.39 is 15.9 Å². The van der Waals surface area contributed by atoms with Crippen LogP contribution >= 0.6 is 11.6 Å². The maximum absolute atomic E-state index is 12.3. The Morgan fingerprint density at radius 2 is 1.85 bits per heavy atom. The number of sulfonamides is 1. The number of hydrogen-bond donors (Lipinski definition) is 1. The van der Waals surface area contributed by atoms with Crippen molar-refractivity contribution >= 4 is 33.2 Å². The molecule has 0 radical (unpaired) electrons. The number of benzene rings is 2. The molecule has 1 N–H and O–H groups in total. The van der Waals surface area contributed by atoms with Gasteiger partial charge in [-0.2, -0.15) is 9.57 Å². The SMILES string of the molecule is CS(=O)(=O)N(CC(=O)Nc1ccc(CC#N)cc1)Cc1ccccc1Cl. The number of carbonyl (C=O) groups is 1. The van der Waals surface area contributed by atoms with Crippen LogP contribution in [-0.2, 0) is 27.8 Å². The lowest BCUT2D eigenvalue weighted by atomic mass is 10.1. The van der Waals surface area contributed by atoms with Crippen LogP contribution in [0, 0.1) is 11.3 Å². The van der Waals surface area contributed by atoms with Gasteiger partial charge in [0.1, 0.15) is 0 Å². The van der Waals surface area contributed by atoms with E-state index in [2.05, 4.69) is 5.32 Å². The fraction of sp³-hybridized carbons (Fsp3) is 0.222. The molecule has 0 aliphatic rings. The molecule has 2 aromatic carbocycles. The molecular formula is C18H18ClN3O3S. The van der Waals surface area contributed by atoms with Gasteiger partial charge in [0.25, 0.3) is 0 Å². The average molecular weight is 392 g/mol. The van der Waals surface area contributed by atoms with Crippen LogP contribution in [0.25, 0.3) is 0 Å². The van der Waals surface area contributed by atoms with Crippen LogP contribution in [0.2, 0.25) is 5.02 Å². The van der Waals surface area contributed by atoms with Gasteiger partial charge in [0.2, 0.25) is 15.9 Å². The number of halogens is 1. The second kappa shape index (κ2) is 8.81. The van der Waals surface area contributed by atoms with Crippen molar-refractivity contribution in [3.63, 3.8) is 0 Å². The first kappa shape index (κ1) is 19.9. The zero-order valence-corrected chi connectivity index (χ0v) is 15.7. The van der Waals surface area contributed by atoms with Crippen molar-refractivity contribution in [2.24, 2.45) is 0 Å². The number of carbonyl (C=O) groups excluding carboxylic acids is 1. The number of anilines is 1. The molecule has 0 saturated heterocycles. The van der Waals surface area contributed by atoms with Gasteiger partial charge in [0.15, 0.2) is 0 Å². The van der Waals surface area contributed by atoms with Crippen LogP contribution in [-0.4, -0.2) is 31.4 Å². The van der Waals surface area contributed by atoms with Crippen LogP contribution in [0.4, 0.5) is 5.69 Å². The highest BCUT2D eigenvalue weighted by atomic mass is 35.5. The van der Waals surface area contributed by atoms with Gasteiger partial charge >= 0.3 is 0 Å². The largest absolute Gasteiger partial charge is 0.325 e. The minimum atomic E-state index is -3.60. The molecule has 0 unspecified atom stereocenters. The summed E-state index contributed by atoms with van der Waals surface area (Å²) in [5, 5.41) is 11.8. The van der Waals surface area contributed by atoms with E-state index in [9.17, 15) is 13.2 Å². The zero-order valence-electron chi connectivity index (χ0n) is 14.1. The second-order valence-corrected chi connectivity index (χ2v) is 8.09. The Labute approximate surface area is 158 Å². The molecule has 2 rings (SSSR count). The molecular weight excluding hydrogens is 374 g/mol. The van der Waals surface area contributed by atoms with Crippen molar-refractivity contribution in [2.45, 2.75) is 13.0 Å². The van der Waals surface area contributed by atoms with Gasteiger partial charge in [-0.05, 0) is 29.3 Å². The highest BCUT2D eigenvalue weighted by Crippen LogP contribution is 2.18. The maximum atomic E-state index is 12.3. The quantitative estimate of drug-likeness (QED) is 0.785. The fourth-order valence-corrected chi connectivity index (χ4v) is 3.19. The summed E-state index contributed by atoms with van der Waals surface area (Å²) in [6.07, 6.45) is 1.34. The molecule has 26 heavy (non-hydrogen) atoms. The van der Waals surface area contributed by atoms with E-state index in [1.807, 2.05) is 6.07 Å². The number of nitriles is 1. The van der Waals surface area contributed by atoms with Crippen molar-refractivity contribution in [1.82, 2.24) is 4.31 Å². The van der Waals surface area contributed by atoms with Gasteiger partial charge in [-0.25, -0.2) is 8.42 Å². The molecule has 0 fully saturated rings. The smallest absolute Gasteiger partial charge is 0.239 e. The van der Waals surface area contributed by atoms with Gasteiger partial charge in [-0.3, -0.25) is 4.79 Å². The first-order chi connectivity index (χ1) is 12.3. The maximum Gasteiger partial charge on any atom is 0.239 e. The van der Waals surface area contributed by atoms with Gasteiger partial charge in [0.05, 0.1) is 25.3 Å². The normalized spacial score (nSPS) is 11.2. The van der Waals surface area contributed by atoms with Gasteiger partial charge in [0, 0.05) is 17.3 Å². The second-order valence-electron chi connectivity index (χ2n) is 5.70. The fourth-order valence-electron chi connectivity index (χ4n) is 2.26. The van der Waals surface area contributed by atoms with E-state index in [1.54, 1.807) is 48.5 Å². The summed E-state index contributed by atoms with van der Waals surface area (Å²) >= 11 is 6.08. The molecule has 1 amide bonds. The average Bonchev–Trinajstić information content (AvgIpc) is 2.57. The Morgan fingerprint density at radius 3 is 2.42 bits per heavy atom. The molecule has 0 spiro atoms. The summed E-state index contributed by atoms with van der Waals surface area (Å²) in [7, 11) is -3.60. The van der Waals surface area contributed by atoms with Crippen molar-refractivity contribution in [2.75, 3.05) is 18.1 Å². The Kier molecular flexibility index (Phi) is 6.75. The Hall–Kier alpha value is -2.40. The third-order valence-corrected chi connectivity index (χ3v) is 5.18. The Morgan fingerprint density at radius 1 is 1.19 bits per heavy atom. The van der Waals surface area contributed by atoms with E-state index in [0.29, 0.717) is 16.3 Å². The minimum Gasteiger partial charge on any atom is -0.325 e. The third-order valence-electron chi connectivity index (χ3n) is 3.61. The number of amides is 1. The Balaban J connectivity index is 2.07. The topological polar surface area (TPSA) is 90.3 Å². The van der Waals surface area contributed by atoms with Crippen LogP contribution < -0.4 is 5.32 Å². The van der Waals surface area contributed by atoms with E-state index in [1.165, 1.54) is 0 Å². The minimum absolute atomic E-state index is 0.00698. The number of nitrogens with zero attached hydrogens (tertiary/aromatic N) is 2. The van der Waals surface area contributed by atoms with Gasteiger partial charge < -0.3 is 5.32 Å². The molecule has 0 bridgehead atoms. The van der Waals surface area contributed by atoms with Gasteiger partial charge in [-0.15, -0.1) is 0 Å². The van der Waals surface area contributed by atoms with Crippen molar-refractivity contribution in [1.29, 1.82) is 5.26 Å². The predicted molar refractivity (Wildman–Crippen MR) is 101 cm³/mol. The summed E-state index contributed by atoms with van der Waals surface area (Å²) in [6, 6.07) is 15.7. The van der Waals surface area contributed by atoms with E-state index in [4.69, 9.17) is 16.9 Å². The molecule has 0 aromatic heterocycles. The molecule has 2 aromatic rings. The lowest BCUT2D eigenvalue weighted by molar-refractivity contribution is -0.116. The zero-order chi connectivity index (χ0) is 19.2. The summed E-state index contributed by atoms with van der Waals surface area (Å²) in [6.45, 7) is -0.322.